The smallest absolute Gasteiger partial charge is 0.303 e. The molecule has 0 saturated carbocycles. The van der Waals surface area contributed by atoms with Crippen molar-refractivity contribution >= 4 is 11.9 Å². The summed E-state index contributed by atoms with van der Waals surface area (Å²) in [5.74, 6) is -0.566. The summed E-state index contributed by atoms with van der Waals surface area (Å²) in [6.07, 6.45) is 6.45. The van der Waals surface area contributed by atoms with E-state index in [1.807, 2.05) is 4.90 Å². The molecule has 0 aliphatic carbocycles. The lowest BCUT2D eigenvalue weighted by molar-refractivity contribution is -0.138. The van der Waals surface area contributed by atoms with E-state index in [1.165, 1.54) is 6.42 Å². The fourth-order valence-electron chi connectivity index (χ4n) is 2.45. The van der Waals surface area contributed by atoms with Gasteiger partial charge >= 0.3 is 5.97 Å². The van der Waals surface area contributed by atoms with Crippen LogP contribution in [0.1, 0.15) is 58.3 Å². The Kier molecular flexibility index (Phi) is 6.01. The number of nitrogens with zero attached hydrogens (tertiary/aromatic N) is 1. The first-order valence-electron chi connectivity index (χ1n) is 6.66. The minimum atomic E-state index is -0.776. The molecule has 0 radical (unpaired) electrons. The number of unbranched alkanes of at least 4 members (excludes halogenated alkanes) is 1. The SMILES string of the molecule is CCC1CCCCN1C(=O)CCCCC(=O)O. The number of carbonyl (C=O) groups is 2. The van der Waals surface area contributed by atoms with E-state index in [1.54, 1.807) is 0 Å². The van der Waals surface area contributed by atoms with Crippen LogP contribution >= 0.6 is 0 Å². The molecule has 0 spiro atoms. The average molecular weight is 241 g/mol. The van der Waals surface area contributed by atoms with Gasteiger partial charge in [0, 0.05) is 25.4 Å². The first kappa shape index (κ1) is 14.0. The number of carboxylic acids is 1. The second-order valence-electron chi connectivity index (χ2n) is 4.75. The molecule has 1 N–H and O–H groups in total. The Bertz CT molecular complexity index is 265. The molecule has 0 aromatic rings. The first-order valence-corrected chi connectivity index (χ1v) is 6.66. The lowest BCUT2D eigenvalue weighted by Crippen LogP contribution is -2.43. The largest absolute Gasteiger partial charge is 0.481 e. The minimum absolute atomic E-state index is 0.171. The van der Waals surface area contributed by atoms with E-state index in [0.717, 1.165) is 25.8 Å². The molecule has 0 bridgehead atoms. The number of piperidine rings is 1. The van der Waals surface area contributed by atoms with E-state index in [4.69, 9.17) is 5.11 Å². The van der Waals surface area contributed by atoms with Gasteiger partial charge in [-0.3, -0.25) is 9.59 Å². The fourth-order valence-corrected chi connectivity index (χ4v) is 2.45. The molecule has 1 aliphatic heterocycles. The van der Waals surface area contributed by atoms with Gasteiger partial charge < -0.3 is 10.0 Å². The van der Waals surface area contributed by atoms with Gasteiger partial charge in [0.1, 0.15) is 0 Å². The highest BCUT2D eigenvalue weighted by Crippen LogP contribution is 2.20. The monoisotopic (exact) mass is 241 g/mol. The van der Waals surface area contributed by atoms with Crippen molar-refractivity contribution in [1.29, 1.82) is 0 Å². The predicted octanol–water partition coefficient (Wildman–Crippen LogP) is 2.42. The van der Waals surface area contributed by atoms with Crippen molar-refractivity contribution in [2.75, 3.05) is 6.54 Å². The van der Waals surface area contributed by atoms with Crippen molar-refractivity contribution < 1.29 is 14.7 Å². The third-order valence-corrected chi connectivity index (χ3v) is 3.45. The third-order valence-electron chi connectivity index (χ3n) is 3.45. The van der Waals surface area contributed by atoms with Crippen LogP contribution in [0.5, 0.6) is 0 Å². The molecule has 4 nitrogen and oxygen atoms in total. The van der Waals surface area contributed by atoms with E-state index in [-0.39, 0.29) is 12.3 Å². The molecule has 1 atom stereocenters. The molecule has 1 amide bonds. The Morgan fingerprint density at radius 2 is 1.94 bits per heavy atom. The molecule has 98 valence electrons. The number of carbonyl (C=O) groups excluding carboxylic acids is 1. The van der Waals surface area contributed by atoms with Gasteiger partial charge in [0.25, 0.3) is 0 Å². The molecule has 1 aliphatic rings. The Morgan fingerprint density at radius 3 is 2.59 bits per heavy atom. The van der Waals surface area contributed by atoms with E-state index >= 15 is 0 Å². The van der Waals surface area contributed by atoms with Gasteiger partial charge in [0.2, 0.25) is 5.91 Å². The van der Waals surface area contributed by atoms with E-state index < -0.39 is 5.97 Å². The maximum Gasteiger partial charge on any atom is 0.303 e. The predicted molar refractivity (Wildman–Crippen MR) is 65.7 cm³/mol. The van der Waals surface area contributed by atoms with E-state index in [2.05, 4.69) is 6.92 Å². The highest BCUT2D eigenvalue weighted by molar-refractivity contribution is 5.76. The molecule has 0 aromatic heterocycles. The number of rotatable bonds is 6. The van der Waals surface area contributed by atoms with Crippen molar-refractivity contribution in [2.45, 2.75) is 64.3 Å². The summed E-state index contributed by atoms with van der Waals surface area (Å²) in [6, 6.07) is 0.413. The lowest BCUT2D eigenvalue weighted by atomic mass is 9.99. The highest BCUT2D eigenvalue weighted by Gasteiger charge is 2.24. The summed E-state index contributed by atoms with van der Waals surface area (Å²) in [4.78, 5) is 24.3. The van der Waals surface area contributed by atoms with Gasteiger partial charge in [-0.15, -0.1) is 0 Å². The van der Waals surface area contributed by atoms with Crippen molar-refractivity contribution in [3.63, 3.8) is 0 Å². The van der Waals surface area contributed by atoms with Crippen LogP contribution in [0.15, 0.2) is 0 Å². The van der Waals surface area contributed by atoms with Crippen molar-refractivity contribution in [3.05, 3.63) is 0 Å². The molecule has 0 aromatic carbocycles. The number of hydrogen-bond acceptors (Lipinski definition) is 2. The summed E-state index contributed by atoms with van der Waals surface area (Å²) in [6.45, 7) is 3.01. The van der Waals surface area contributed by atoms with Crippen LogP contribution in [0, 0.1) is 0 Å². The second kappa shape index (κ2) is 7.30. The Hall–Kier alpha value is -1.06. The van der Waals surface area contributed by atoms with Crippen molar-refractivity contribution in [3.8, 4) is 0 Å². The van der Waals surface area contributed by atoms with Crippen LogP contribution in [0.2, 0.25) is 0 Å². The van der Waals surface area contributed by atoms with E-state index in [9.17, 15) is 9.59 Å². The topological polar surface area (TPSA) is 57.6 Å². The number of hydrogen-bond donors (Lipinski definition) is 1. The molecule has 1 rings (SSSR count). The summed E-state index contributed by atoms with van der Waals surface area (Å²) in [5, 5.41) is 8.51. The molecular formula is C13H23NO3. The summed E-state index contributed by atoms with van der Waals surface area (Å²) in [5.41, 5.74) is 0. The number of amides is 1. The maximum absolute atomic E-state index is 12.0. The van der Waals surface area contributed by atoms with Crippen LogP contribution in [0.25, 0.3) is 0 Å². The van der Waals surface area contributed by atoms with Gasteiger partial charge in [-0.05, 0) is 38.5 Å². The first-order chi connectivity index (χ1) is 8.15. The molecule has 1 unspecified atom stereocenters. The van der Waals surface area contributed by atoms with Crippen LogP contribution in [-0.4, -0.2) is 34.5 Å². The van der Waals surface area contributed by atoms with Crippen molar-refractivity contribution in [1.82, 2.24) is 4.90 Å². The normalized spacial score (nSPS) is 20.3. The summed E-state index contributed by atoms with van der Waals surface area (Å²) < 4.78 is 0. The minimum Gasteiger partial charge on any atom is -0.481 e. The second-order valence-corrected chi connectivity index (χ2v) is 4.75. The molecule has 17 heavy (non-hydrogen) atoms. The van der Waals surface area contributed by atoms with E-state index in [0.29, 0.717) is 25.3 Å². The van der Waals surface area contributed by atoms with Gasteiger partial charge in [0.15, 0.2) is 0 Å². The molecule has 4 heteroatoms. The van der Waals surface area contributed by atoms with Crippen LogP contribution < -0.4 is 0 Å². The highest BCUT2D eigenvalue weighted by atomic mass is 16.4. The van der Waals surface area contributed by atoms with Gasteiger partial charge in [-0.25, -0.2) is 0 Å². The Morgan fingerprint density at radius 1 is 1.24 bits per heavy atom. The summed E-state index contributed by atoms with van der Waals surface area (Å²) in [7, 11) is 0. The third kappa shape index (κ3) is 4.75. The molecule has 1 saturated heterocycles. The van der Waals surface area contributed by atoms with Crippen LogP contribution in [-0.2, 0) is 9.59 Å². The number of aliphatic carboxylic acids is 1. The lowest BCUT2D eigenvalue weighted by Gasteiger charge is -2.35. The zero-order valence-corrected chi connectivity index (χ0v) is 10.7. The molecular weight excluding hydrogens is 218 g/mol. The van der Waals surface area contributed by atoms with Crippen molar-refractivity contribution in [2.24, 2.45) is 0 Å². The number of carboxylic acid groups (broad SMARTS) is 1. The quantitative estimate of drug-likeness (QED) is 0.726. The zero-order valence-electron chi connectivity index (χ0n) is 10.7. The molecule has 1 fully saturated rings. The van der Waals surface area contributed by atoms with Crippen LogP contribution in [0.3, 0.4) is 0 Å². The molecule has 1 heterocycles. The zero-order chi connectivity index (χ0) is 12.7. The number of likely N-dealkylation sites (tertiary alicyclic amines) is 1. The van der Waals surface area contributed by atoms with Gasteiger partial charge in [-0.1, -0.05) is 6.92 Å². The van der Waals surface area contributed by atoms with Gasteiger partial charge in [-0.2, -0.15) is 0 Å². The fraction of sp³-hybridized carbons (Fsp3) is 0.846. The maximum atomic E-state index is 12.0. The Labute approximate surface area is 103 Å². The van der Waals surface area contributed by atoms with Gasteiger partial charge in [0.05, 0.1) is 0 Å². The van der Waals surface area contributed by atoms with Crippen LogP contribution in [0.4, 0.5) is 0 Å². The average Bonchev–Trinajstić information content (AvgIpc) is 2.34. The standard InChI is InChI=1S/C13H23NO3/c1-2-11-7-5-6-10-14(11)12(15)8-3-4-9-13(16)17/h11H,2-10H2,1H3,(H,16,17). The Balaban J connectivity index is 2.27. The summed E-state index contributed by atoms with van der Waals surface area (Å²) >= 11 is 0.